The van der Waals surface area contributed by atoms with E-state index >= 15 is 0 Å². The largest absolute Gasteiger partial charge is 0.469 e. The van der Waals surface area contributed by atoms with E-state index in [1.54, 1.807) is 6.26 Å². The predicted molar refractivity (Wildman–Crippen MR) is 81.2 cm³/mol. The van der Waals surface area contributed by atoms with E-state index < -0.39 is 0 Å². The summed E-state index contributed by atoms with van der Waals surface area (Å²) < 4.78 is 5.32. The molecule has 0 aliphatic carbocycles. The minimum absolute atomic E-state index is 0.00723. The number of rotatable bonds is 4. The molecule has 1 amide bonds. The van der Waals surface area contributed by atoms with Crippen LogP contribution < -0.4 is 10.6 Å². The van der Waals surface area contributed by atoms with Crippen LogP contribution in [0.1, 0.15) is 34.2 Å². The molecule has 0 bridgehead atoms. The molecule has 3 rings (SSSR count). The highest BCUT2D eigenvalue weighted by Gasteiger charge is 2.18. The molecule has 0 fully saturated rings. The molecular formula is C17H20N2O2. The molecule has 1 aliphatic rings. The van der Waals surface area contributed by atoms with Crippen LogP contribution in [0.15, 0.2) is 41.0 Å². The van der Waals surface area contributed by atoms with Gasteiger partial charge in [0.2, 0.25) is 0 Å². The standard InChI is InChI=1S/C17H20N2O2/c1-12(10-14-5-3-9-21-14)19-17(20)16-6-2-4-13-11-18-8-7-15(13)16/h2-6,9,12,18H,7-8,10-11H2,1H3,(H,19,20). The van der Waals surface area contributed by atoms with Crippen LogP contribution in [0.5, 0.6) is 0 Å². The molecule has 4 nitrogen and oxygen atoms in total. The lowest BCUT2D eigenvalue weighted by molar-refractivity contribution is 0.0938. The van der Waals surface area contributed by atoms with Crippen LogP contribution in [0, 0.1) is 0 Å². The van der Waals surface area contributed by atoms with Gasteiger partial charge in [0.25, 0.3) is 5.91 Å². The molecular weight excluding hydrogens is 264 g/mol. The molecule has 2 N–H and O–H groups in total. The molecule has 4 heteroatoms. The molecule has 2 aromatic rings. The van der Waals surface area contributed by atoms with Crippen LogP contribution in [0.2, 0.25) is 0 Å². The first-order chi connectivity index (χ1) is 10.2. The molecule has 110 valence electrons. The highest BCUT2D eigenvalue weighted by Crippen LogP contribution is 2.19. The third-order valence-electron chi connectivity index (χ3n) is 3.85. The topological polar surface area (TPSA) is 54.3 Å². The predicted octanol–water partition coefficient (Wildman–Crippen LogP) is 2.29. The number of carbonyl (C=O) groups excluding carboxylic acids is 1. The fourth-order valence-corrected chi connectivity index (χ4v) is 2.83. The highest BCUT2D eigenvalue weighted by atomic mass is 16.3. The number of hydrogen-bond acceptors (Lipinski definition) is 3. The third kappa shape index (κ3) is 3.16. The second-order valence-corrected chi connectivity index (χ2v) is 5.53. The fraction of sp³-hybridized carbons (Fsp3) is 0.353. The Hall–Kier alpha value is -2.07. The van der Waals surface area contributed by atoms with Crippen molar-refractivity contribution in [3.63, 3.8) is 0 Å². The SMILES string of the molecule is CC(Cc1ccco1)NC(=O)c1cccc2c1CCNC2. The van der Waals surface area contributed by atoms with Gasteiger partial charge in [-0.3, -0.25) is 4.79 Å². The van der Waals surface area contributed by atoms with Crippen LogP contribution >= 0.6 is 0 Å². The molecule has 1 aromatic heterocycles. The summed E-state index contributed by atoms with van der Waals surface area (Å²) in [6.07, 6.45) is 3.27. The number of benzene rings is 1. The van der Waals surface area contributed by atoms with E-state index in [2.05, 4.69) is 16.7 Å². The molecule has 0 radical (unpaired) electrons. The molecule has 21 heavy (non-hydrogen) atoms. The van der Waals surface area contributed by atoms with Crippen LogP contribution in [-0.4, -0.2) is 18.5 Å². The monoisotopic (exact) mass is 284 g/mol. The number of carbonyl (C=O) groups is 1. The number of amides is 1. The van der Waals surface area contributed by atoms with Crippen molar-refractivity contribution in [1.82, 2.24) is 10.6 Å². The zero-order chi connectivity index (χ0) is 14.7. The van der Waals surface area contributed by atoms with Gasteiger partial charge in [-0.25, -0.2) is 0 Å². The van der Waals surface area contributed by atoms with Gasteiger partial charge in [0.1, 0.15) is 5.76 Å². The molecule has 0 saturated heterocycles. The maximum Gasteiger partial charge on any atom is 0.251 e. The lowest BCUT2D eigenvalue weighted by Crippen LogP contribution is -2.35. The molecule has 0 spiro atoms. The van der Waals surface area contributed by atoms with Crippen LogP contribution in [0.25, 0.3) is 0 Å². The zero-order valence-corrected chi connectivity index (χ0v) is 12.2. The van der Waals surface area contributed by atoms with Gasteiger partial charge in [0, 0.05) is 24.6 Å². The van der Waals surface area contributed by atoms with Gasteiger partial charge in [0.15, 0.2) is 0 Å². The first-order valence-corrected chi connectivity index (χ1v) is 7.39. The number of nitrogens with one attached hydrogen (secondary N) is 2. The number of fused-ring (bicyclic) bond motifs is 1. The minimum Gasteiger partial charge on any atom is -0.469 e. The Morgan fingerprint density at radius 1 is 1.38 bits per heavy atom. The number of furan rings is 1. The summed E-state index contributed by atoms with van der Waals surface area (Å²) in [4.78, 5) is 12.5. The molecule has 2 heterocycles. The fourth-order valence-electron chi connectivity index (χ4n) is 2.83. The smallest absolute Gasteiger partial charge is 0.251 e. The van der Waals surface area contributed by atoms with Gasteiger partial charge in [-0.15, -0.1) is 0 Å². The van der Waals surface area contributed by atoms with E-state index in [1.165, 1.54) is 11.1 Å². The van der Waals surface area contributed by atoms with E-state index in [1.807, 2.05) is 31.2 Å². The summed E-state index contributed by atoms with van der Waals surface area (Å²) in [5, 5.41) is 6.40. The van der Waals surface area contributed by atoms with Gasteiger partial charge in [-0.05, 0) is 49.2 Å². The first-order valence-electron chi connectivity index (χ1n) is 7.39. The van der Waals surface area contributed by atoms with Gasteiger partial charge in [-0.2, -0.15) is 0 Å². The van der Waals surface area contributed by atoms with Gasteiger partial charge in [-0.1, -0.05) is 12.1 Å². The van der Waals surface area contributed by atoms with Crippen molar-refractivity contribution < 1.29 is 9.21 Å². The van der Waals surface area contributed by atoms with Crippen molar-refractivity contribution >= 4 is 5.91 Å². The Balaban J connectivity index is 1.70. The van der Waals surface area contributed by atoms with Crippen LogP contribution in [-0.2, 0) is 19.4 Å². The molecule has 1 aliphatic heterocycles. The maximum absolute atomic E-state index is 12.5. The van der Waals surface area contributed by atoms with Crippen molar-refractivity contribution in [1.29, 1.82) is 0 Å². The van der Waals surface area contributed by atoms with E-state index in [4.69, 9.17) is 4.42 Å². The van der Waals surface area contributed by atoms with Crippen molar-refractivity contribution in [3.05, 3.63) is 59.0 Å². The van der Waals surface area contributed by atoms with Crippen molar-refractivity contribution in [3.8, 4) is 0 Å². The summed E-state index contributed by atoms with van der Waals surface area (Å²) in [5.41, 5.74) is 3.21. The Morgan fingerprint density at radius 2 is 2.29 bits per heavy atom. The second kappa shape index (κ2) is 6.14. The first kappa shape index (κ1) is 13.9. The average molecular weight is 284 g/mol. The van der Waals surface area contributed by atoms with E-state index in [0.29, 0.717) is 6.42 Å². The summed E-state index contributed by atoms with van der Waals surface area (Å²) >= 11 is 0. The summed E-state index contributed by atoms with van der Waals surface area (Å²) in [6.45, 7) is 3.77. The van der Waals surface area contributed by atoms with E-state index in [0.717, 1.165) is 30.8 Å². The van der Waals surface area contributed by atoms with Gasteiger partial charge < -0.3 is 15.1 Å². The Labute approximate surface area is 124 Å². The highest BCUT2D eigenvalue weighted by molar-refractivity contribution is 5.96. The van der Waals surface area contributed by atoms with Gasteiger partial charge in [0.05, 0.1) is 6.26 Å². The van der Waals surface area contributed by atoms with E-state index in [9.17, 15) is 4.79 Å². The molecule has 1 atom stereocenters. The Morgan fingerprint density at radius 3 is 3.10 bits per heavy atom. The Bertz CT molecular complexity index is 620. The summed E-state index contributed by atoms with van der Waals surface area (Å²) in [5.74, 6) is 0.898. The van der Waals surface area contributed by atoms with Crippen molar-refractivity contribution in [2.75, 3.05) is 6.54 Å². The van der Waals surface area contributed by atoms with Crippen molar-refractivity contribution in [2.24, 2.45) is 0 Å². The number of hydrogen-bond donors (Lipinski definition) is 2. The molecule has 1 aromatic carbocycles. The van der Waals surface area contributed by atoms with Crippen LogP contribution in [0.3, 0.4) is 0 Å². The van der Waals surface area contributed by atoms with Crippen LogP contribution in [0.4, 0.5) is 0 Å². The zero-order valence-electron chi connectivity index (χ0n) is 12.2. The Kier molecular flexibility index (Phi) is 4.06. The summed E-state index contributed by atoms with van der Waals surface area (Å²) in [6, 6.07) is 9.80. The lowest BCUT2D eigenvalue weighted by atomic mass is 9.95. The third-order valence-corrected chi connectivity index (χ3v) is 3.85. The average Bonchev–Trinajstić information content (AvgIpc) is 2.99. The van der Waals surface area contributed by atoms with Crippen molar-refractivity contribution in [2.45, 2.75) is 32.4 Å². The quantitative estimate of drug-likeness (QED) is 0.905. The second-order valence-electron chi connectivity index (χ2n) is 5.53. The molecule has 1 unspecified atom stereocenters. The summed E-state index contributed by atoms with van der Waals surface area (Å²) in [7, 11) is 0. The normalized spacial score (nSPS) is 15.3. The minimum atomic E-state index is 0.00723. The van der Waals surface area contributed by atoms with Gasteiger partial charge >= 0.3 is 0 Å². The maximum atomic E-state index is 12.5. The van der Waals surface area contributed by atoms with E-state index in [-0.39, 0.29) is 11.9 Å². The lowest BCUT2D eigenvalue weighted by Gasteiger charge is -2.21. The molecule has 0 saturated carbocycles.